The molecule has 0 aliphatic carbocycles. The summed E-state index contributed by atoms with van der Waals surface area (Å²) in [6, 6.07) is 13.8. The van der Waals surface area contributed by atoms with Crippen molar-refractivity contribution in [3.8, 4) is 5.75 Å². The van der Waals surface area contributed by atoms with Gasteiger partial charge in [0.15, 0.2) is 0 Å². The van der Waals surface area contributed by atoms with Gasteiger partial charge in [0.05, 0.1) is 19.2 Å². The zero-order valence-corrected chi connectivity index (χ0v) is 15.3. The van der Waals surface area contributed by atoms with E-state index in [-0.39, 0.29) is 6.10 Å². The molecule has 0 fully saturated rings. The van der Waals surface area contributed by atoms with Crippen molar-refractivity contribution < 1.29 is 9.47 Å². The standard InChI is InChI=1S/C19H25N5O2/c1-3-25-18(15-22-23-20)14-16-7-9-17(10-8-16)26-13-12-24(2)19-6-4-5-11-21-19/h4-11,18H,3,12-15H2,1-2H3/t18-/m0/s1. The first kappa shape index (κ1) is 19.6. The number of pyridine rings is 1. The van der Waals surface area contributed by atoms with Gasteiger partial charge in [-0.2, -0.15) is 0 Å². The molecule has 1 atom stereocenters. The lowest BCUT2D eigenvalue weighted by atomic mass is 10.1. The quantitative estimate of drug-likeness (QED) is 0.348. The minimum Gasteiger partial charge on any atom is -0.492 e. The Balaban J connectivity index is 1.80. The van der Waals surface area contributed by atoms with Crippen LogP contribution in [0.15, 0.2) is 53.8 Å². The lowest BCUT2D eigenvalue weighted by Crippen LogP contribution is -2.24. The molecule has 1 aromatic carbocycles. The Morgan fingerprint density at radius 2 is 2.04 bits per heavy atom. The highest BCUT2D eigenvalue weighted by molar-refractivity contribution is 5.36. The second-order valence-corrected chi connectivity index (χ2v) is 5.80. The Morgan fingerprint density at radius 3 is 2.69 bits per heavy atom. The maximum absolute atomic E-state index is 8.46. The van der Waals surface area contributed by atoms with Gasteiger partial charge in [-0.05, 0) is 48.7 Å². The molecule has 0 aliphatic rings. The van der Waals surface area contributed by atoms with Gasteiger partial charge in [0.25, 0.3) is 0 Å². The maximum Gasteiger partial charge on any atom is 0.128 e. The smallest absolute Gasteiger partial charge is 0.128 e. The number of nitrogens with zero attached hydrogens (tertiary/aromatic N) is 5. The molecule has 2 rings (SSSR count). The fourth-order valence-corrected chi connectivity index (χ4v) is 2.52. The van der Waals surface area contributed by atoms with Crippen LogP contribution in [-0.4, -0.2) is 44.4 Å². The Kier molecular flexibility index (Phi) is 8.26. The average molecular weight is 355 g/mol. The highest BCUT2D eigenvalue weighted by atomic mass is 16.5. The first-order chi connectivity index (χ1) is 12.7. The van der Waals surface area contributed by atoms with Gasteiger partial charge in [0, 0.05) is 24.8 Å². The number of rotatable bonds is 11. The van der Waals surface area contributed by atoms with E-state index in [2.05, 4.69) is 19.9 Å². The third kappa shape index (κ3) is 6.63. The van der Waals surface area contributed by atoms with Crippen molar-refractivity contribution in [2.45, 2.75) is 19.4 Å². The summed E-state index contributed by atoms with van der Waals surface area (Å²) in [5.74, 6) is 1.75. The third-order valence-electron chi connectivity index (χ3n) is 3.87. The van der Waals surface area contributed by atoms with Crippen LogP contribution in [0.1, 0.15) is 12.5 Å². The van der Waals surface area contributed by atoms with E-state index in [1.165, 1.54) is 0 Å². The van der Waals surface area contributed by atoms with Gasteiger partial charge in [-0.1, -0.05) is 23.3 Å². The number of benzene rings is 1. The number of anilines is 1. The molecule has 2 aromatic rings. The molecule has 0 amide bonds. The van der Waals surface area contributed by atoms with Crippen molar-refractivity contribution in [1.82, 2.24) is 4.98 Å². The van der Waals surface area contributed by atoms with Crippen molar-refractivity contribution >= 4 is 5.82 Å². The number of aromatic nitrogens is 1. The van der Waals surface area contributed by atoms with Crippen LogP contribution < -0.4 is 9.64 Å². The van der Waals surface area contributed by atoms with E-state index in [1.807, 2.05) is 56.4 Å². The number of likely N-dealkylation sites (N-methyl/N-ethyl adjacent to an activating group) is 1. The molecule has 1 aromatic heterocycles. The molecule has 7 heteroatoms. The zero-order chi connectivity index (χ0) is 18.6. The molecule has 0 spiro atoms. The van der Waals surface area contributed by atoms with Crippen LogP contribution in [0.3, 0.4) is 0 Å². The monoisotopic (exact) mass is 355 g/mol. The van der Waals surface area contributed by atoms with Crippen LogP contribution in [0.25, 0.3) is 10.4 Å². The SMILES string of the molecule is CCO[C@H](CN=[N+]=[N-])Cc1ccc(OCCN(C)c2ccccn2)cc1. The molecule has 0 bridgehead atoms. The number of azide groups is 1. The van der Waals surface area contributed by atoms with E-state index in [1.54, 1.807) is 6.20 Å². The van der Waals surface area contributed by atoms with Crippen molar-refractivity contribution in [3.05, 3.63) is 64.7 Å². The van der Waals surface area contributed by atoms with Crippen LogP contribution in [0.2, 0.25) is 0 Å². The molecule has 7 nitrogen and oxygen atoms in total. The minimum atomic E-state index is -0.102. The van der Waals surface area contributed by atoms with Gasteiger partial charge in [0.1, 0.15) is 18.2 Å². The summed E-state index contributed by atoms with van der Waals surface area (Å²) in [6.45, 7) is 4.18. The fourth-order valence-electron chi connectivity index (χ4n) is 2.52. The fraction of sp³-hybridized carbons (Fsp3) is 0.421. The molecule has 138 valence electrons. The average Bonchev–Trinajstić information content (AvgIpc) is 2.68. The van der Waals surface area contributed by atoms with Crippen LogP contribution in [0, 0.1) is 0 Å². The van der Waals surface area contributed by atoms with Crippen LogP contribution in [0.5, 0.6) is 5.75 Å². The molecule has 26 heavy (non-hydrogen) atoms. The van der Waals surface area contributed by atoms with Crippen LogP contribution in [0.4, 0.5) is 5.82 Å². The molecular formula is C19H25N5O2. The minimum absolute atomic E-state index is 0.102. The number of ether oxygens (including phenoxy) is 2. The molecule has 0 N–H and O–H groups in total. The number of hydrogen-bond donors (Lipinski definition) is 0. The molecule has 0 radical (unpaired) electrons. The van der Waals surface area contributed by atoms with Gasteiger partial charge < -0.3 is 14.4 Å². The third-order valence-corrected chi connectivity index (χ3v) is 3.87. The Hall–Kier alpha value is -2.76. The van der Waals surface area contributed by atoms with E-state index < -0.39 is 0 Å². The Morgan fingerprint density at radius 1 is 1.23 bits per heavy atom. The summed E-state index contributed by atoms with van der Waals surface area (Å²) in [5.41, 5.74) is 9.58. The zero-order valence-electron chi connectivity index (χ0n) is 15.3. The predicted molar refractivity (Wildman–Crippen MR) is 103 cm³/mol. The molecule has 0 aliphatic heterocycles. The first-order valence-corrected chi connectivity index (χ1v) is 8.69. The summed E-state index contributed by atoms with van der Waals surface area (Å²) >= 11 is 0. The van der Waals surface area contributed by atoms with Gasteiger partial charge in [-0.3, -0.25) is 0 Å². The predicted octanol–water partition coefficient (Wildman–Crippen LogP) is 3.85. The molecule has 1 heterocycles. The Bertz CT molecular complexity index is 687. The summed E-state index contributed by atoms with van der Waals surface area (Å²) in [5, 5.41) is 3.61. The van der Waals surface area contributed by atoms with Gasteiger partial charge >= 0.3 is 0 Å². The maximum atomic E-state index is 8.46. The topological polar surface area (TPSA) is 83.3 Å². The first-order valence-electron chi connectivity index (χ1n) is 8.69. The second-order valence-electron chi connectivity index (χ2n) is 5.80. The van der Waals surface area contributed by atoms with E-state index in [9.17, 15) is 0 Å². The lowest BCUT2D eigenvalue weighted by molar-refractivity contribution is 0.0695. The highest BCUT2D eigenvalue weighted by Gasteiger charge is 2.09. The van der Waals surface area contributed by atoms with Crippen molar-refractivity contribution in [2.75, 3.05) is 38.3 Å². The number of hydrogen-bond acceptors (Lipinski definition) is 5. The van der Waals surface area contributed by atoms with E-state index in [0.29, 0.717) is 26.2 Å². The molecule has 0 unspecified atom stereocenters. The van der Waals surface area contributed by atoms with Gasteiger partial charge in [-0.25, -0.2) is 4.98 Å². The van der Waals surface area contributed by atoms with Gasteiger partial charge in [-0.15, -0.1) is 0 Å². The second kappa shape index (κ2) is 11.0. The van der Waals surface area contributed by atoms with Crippen LogP contribution in [-0.2, 0) is 11.2 Å². The summed E-state index contributed by atoms with van der Waals surface area (Å²) in [4.78, 5) is 9.16. The van der Waals surface area contributed by atoms with E-state index in [0.717, 1.165) is 23.7 Å². The van der Waals surface area contributed by atoms with Crippen LogP contribution >= 0.6 is 0 Å². The Labute approximate surface area is 154 Å². The van der Waals surface area contributed by atoms with Crippen molar-refractivity contribution in [1.29, 1.82) is 0 Å². The van der Waals surface area contributed by atoms with Gasteiger partial charge in [0.2, 0.25) is 0 Å². The van der Waals surface area contributed by atoms with E-state index in [4.69, 9.17) is 15.0 Å². The lowest BCUT2D eigenvalue weighted by Gasteiger charge is -2.18. The normalized spacial score (nSPS) is 11.5. The highest BCUT2D eigenvalue weighted by Crippen LogP contribution is 2.15. The summed E-state index contributed by atoms with van der Waals surface area (Å²) < 4.78 is 11.4. The molecule has 0 saturated carbocycles. The molecule has 0 saturated heterocycles. The van der Waals surface area contributed by atoms with E-state index >= 15 is 0 Å². The summed E-state index contributed by atoms with van der Waals surface area (Å²) in [7, 11) is 1.99. The largest absolute Gasteiger partial charge is 0.492 e. The van der Waals surface area contributed by atoms with Crippen molar-refractivity contribution in [2.24, 2.45) is 5.11 Å². The molecular weight excluding hydrogens is 330 g/mol. The van der Waals surface area contributed by atoms with Crippen molar-refractivity contribution in [3.63, 3.8) is 0 Å². The summed E-state index contributed by atoms with van der Waals surface area (Å²) in [6.07, 6.45) is 2.38.